The zero-order valence-electron chi connectivity index (χ0n) is 12.9. The molecule has 8 heteroatoms. The third-order valence-electron chi connectivity index (χ3n) is 3.00. The van der Waals surface area contributed by atoms with E-state index in [0.29, 0.717) is 37.5 Å². The highest BCUT2D eigenvalue weighted by molar-refractivity contribution is 9.10. The summed E-state index contributed by atoms with van der Waals surface area (Å²) in [5.74, 6) is 1.07. The van der Waals surface area contributed by atoms with Crippen LogP contribution < -0.4 is 19.5 Å². The molecular weight excluding hydrogens is 421 g/mol. The molecule has 1 amide bonds. The largest absolute Gasteiger partial charge is 0.493 e. The first-order valence-corrected chi connectivity index (χ1v) is 8.28. The van der Waals surface area contributed by atoms with Crippen LogP contribution in [-0.2, 0) is 4.79 Å². The van der Waals surface area contributed by atoms with E-state index >= 15 is 0 Å². The Labute approximate surface area is 157 Å². The summed E-state index contributed by atoms with van der Waals surface area (Å²) in [5, 5.41) is 3.56. The maximum absolute atomic E-state index is 12.1. The second kappa shape index (κ2) is 8.46. The predicted octanol–water partition coefficient (Wildman–Crippen LogP) is 4.79. The van der Waals surface area contributed by atoms with Crippen LogP contribution in [0, 0.1) is 0 Å². The van der Waals surface area contributed by atoms with E-state index < -0.39 is 0 Å². The number of halogens is 3. The molecule has 2 rings (SSSR count). The third-order valence-corrected chi connectivity index (χ3v) is 4.17. The van der Waals surface area contributed by atoms with Crippen molar-refractivity contribution in [3.8, 4) is 17.2 Å². The number of hydrogen-bond donors (Lipinski definition) is 1. The van der Waals surface area contributed by atoms with Gasteiger partial charge in [0.2, 0.25) is 0 Å². The first-order valence-electron chi connectivity index (χ1n) is 6.73. The van der Waals surface area contributed by atoms with Crippen LogP contribution >= 0.6 is 39.1 Å². The normalized spacial score (nSPS) is 10.2. The SMILES string of the molecule is COc1cc(Cl)c(NC(=O)COc2ccc(Cl)cc2Br)cc1OC. The van der Waals surface area contributed by atoms with Gasteiger partial charge in [-0.25, -0.2) is 0 Å². The topological polar surface area (TPSA) is 56.8 Å². The molecule has 0 saturated carbocycles. The van der Waals surface area contributed by atoms with Gasteiger partial charge in [-0.1, -0.05) is 23.2 Å². The lowest BCUT2D eigenvalue weighted by Gasteiger charge is -2.13. The molecule has 0 atom stereocenters. The van der Waals surface area contributed by atoms with E-state index in [0.717, 1.165) is 0 Å². The van der Waals surface area contributed by atoms with Crippen molar-refractivity contribution in [1.82, 2.24) is 0 Å². The molecule has 0 spiro atoms. The zero-order valence-corrected chi connectivity index (χ0v) is 16.0. The Hall–Kier alpha value is -1.63. The molecule has 0 aliphatic rings. The summed E-state index contributed by atoms with van der Waals surface area (Å²) in [5.41, 5.74) is 0.401. The van der Waals surface area contributed by atoms with Crippen molar-refractivity contribution in [3.63, 3.8) is 0 Å². The molecule has 0 bridgehead atoms. The van der Waals surface area contributed by atoms with E-state index in [-0.39, 0.29) is 12.5 Å². The van der Waals surface area contributed by atoms with Crippen molar-refractivity contribution in [2.45, 2.75) is 0 Å². The smallest absolute Gasteiger partial charge is 0.262 e. The number of carbonyl (C=O) groups excluding carboxylic acids is 1. The molecule has 2 aromatic carbocycles. The summed E-state index contributed by atoms with van der Waals surface area (Å²) < 4.78 is 16.4. The van der Waals surface area contributed by atoms with Crippen LogP contribution in [0.15, 0.2) is 34.8 Å². The van der Waals surface area contributed by atoms with E-state index in [1.165, 1.54) is 14.2 Å². The molecule has 0 aliphatic heterocycles. The summed E-state index contributed by atoms with van der Waals surface area (Å²) in [6.07, 6.45) is 0. The quantitative estimate of drug-likeness (QED) is 0.709. The molecule has 0 unspecified atom stereocenters. The lowest BCUT2D eigenvalue weighted by molar-refractivity contribution is -0.118. The maximum Gasteiger partial charge on any atom is 0.262 e. The van der Waals surface area contributed by atoms with Crippen molar-refractivity contribution >= 4 is 50.7 Å². The summed E-state index contributed by atoms with van der Waals surface area (Å²) in [7, 11) is 3.00. The summed E-state index contributed by atoms with van der Waals surface area (Å²) >= 11 is 15.3. The minimum absolute atomic E-state index is 0.190. The summed E-state index contributed by atoms with van der Waals surface area (Å²) in [6.45, 7) is -0.190. The Kier molecular flexibility index (Phi) is 6.60. The minimum Gasteiger partial charge on any atom is -0.493 e. The van der Waals surface area contributed by atoms with E-state index in [9.17, 15) is 4.79 Å². The van der Waals surface area contributed by atoms with Crippen LogP contribution in [0.4, 0.5) is 5.69 Å². The highest BCUT2D eigenvalue weighted by Gasteiger charge is 2.13. The van der Waals surface area contributed by atoms with Crippen molar-refractivity contribution in [3.05, 3.63) is 44.8 Å². The fraction of sp³-hybridized carbons (Fsp3) is 0.188. The molecule has 0 radical (unpaired) electrons. The average Bonchev–Trinajstić information content (AvgIpc) is 2.55. The molecule has 128 valence electrons. The van der Waals surface area contributed by atoms with Crippen molar-refractivity contribution in [2.75, 3.05) is 26.1 Å². The van der Waals surface area contributed by atoms with E-state index in [1.807, 2.05) is 0 Å². The minimum atomic E-state index is -0.369. The number of nitrogens with one attached hydrogen (secondary N) is 1. The number of ether oxygens (including phenoxy) is 3. The van der Waals surface area contributed by atoms with Crippen LogP contribution in [0.3, 0.4) is 0 Å². The van der Waals surface area contributed by atoms with E-state index in [2.05, 4.69) is 21.2 Å². The van der Waals surface area contributed by atoms with Crippen LogP contribution in [-0.4, -0.2) is 26.7 Å². The number of carbonyl (C=O) groups is 1. The number of hydrogen-bond acceptors (Lipinski definition) is 4. The molecule has 5 nitrogen and oxygen atoms in total. The lowest BCUT2D eigenvalue weighted by Crippen LogP contribution is -2.20. The Bertz CT molecular complexity index is 755. The van der Waals surface area contributed by atoms with Gasteiger partial charge in [0.1, 0.15) is 5.75 Å². The second-order valence-electron chi connectivity index (χ2n) is 4.60. The molecule has 0 fully saturated rings. The van der Waals surface area contributed by atoms with Gasteiger partial charge in [0.25, 0.3) is 5.91 Å². The fourth-order valence-corrected chi connectivity index (χ4v) is 2.87. The summed E-state index contributed by atoms with van der Waals surface area (Å²) in [6, 6.07) is 8.16. The average molecular weight is 435 g/mol. The van der Waals surface area contributed by atoms with Gasteiger partial charge >= 0.3 is 0 Å². The third kappa shape index (κ3) is 4.69. The number of amides is 1. The van der Waals surface area contributed by atoms with Gasteiger partial charge in [0.15, 0.2) is 18.1 Å². The molecule has 0 aromatic heterocycles. The van der Waals surface area contributed by atoms with Crippen LogP contribution in [0.1, 0.15) is 0 Å². The van der Waals surface area contributed by atoms with Gasteiger partial charge in [-0.3, -0.25) is 4.79 Å². The number of anilines is 1. The Morgan fingerprint density at radius 2 is 1.75 bits per heavy atom. The molecule has 2 aromatic rings. The summed E-state index contributed by atoms with van der Waals surface area (Å²) in [4.78, 5) is 12.1. The Morgan fingerprint density at radius 3 is 2.38 bits per heavy atom. The molecule has 0 heterocycles. The van der Waals surface area contributed by atoms with Crippen molar-refractivity contribution < 1.29 is 19.0 Å². The van der Waals surface area contributed by atoms with E-state index in [1.54, 1.807) is 30.3 Å². The zero-order chi connectivity index (χ0) is 17.7. The van der Waals surface area contributed by atoms with E-state index in [4.69, 9.17) is 37.4 Å². The van der Waals surface area contributed by atoms with Gasteiger partial charge in [-0.05, 0) is 34.1 Å². The monoisotopic (exact) mass is 433 g/mol. The van der Waals surface area contributed by atoms with Gasteiger partial charge in [-0.15, -0.1) is 0 Å². The number of rotatable bonds is 6. The predicted molar refractivity (Wildman–Crippen MR) is 97.8 cm³/mol. The van der Waals surface area contributed by atoms with Crippen LogP contribution in [0.5, 0.6) is 17.2 Å². The molecule has 0 saturated heterocycles. The van der Waals surface area contributed by atoms with Gasteiger partial charge < -0.3 is 19.5 Å². The molecular formula is C16H14BrCl2NO4. The van der Waals surface area contributed by atoms with Crippen LogP contribution in [0.2, 0.25) is 10.0 Å². The maximum atomic E-state index is 12.1. The van der Waals surface area contributed by atoms with Gasteiger partial charge in [0, 0.05) is 17.2 Å². The van der Waals surface area contributed by atoms with Crippen molar-refractivity contribution in [1.29, 1.82) is 0 Å². The molecule has 0 aliphatic carbocycles. The molecule has 24 heavy (non-hydrogen) atoms. The number of benzene rings is 2. The highest BCUT2D eigenvalue weighted by atomic mass is 79.9. The van der Waals surface area contributed by atoms with Gasteiger partial charge in [-0.2, -0.15) is 0 Å². The number of methoxy groups -OCH3 is 2. The Morgan fingerprint density at radius 1 is 1.08 bits per heavy atom. The standard InChI is InChI=1S/C16H14BrCl2NO4/c1-22-14-6-11(19)12(7-15(14)23-2)20-16(21)8-24-13-4-3-9(18)5-10(13)17/h3-7H,8H2,1-2H3,(H,20,21). The highest BCUT2D eigenvalue weighted by Crippen LogP contribution is 2.36. The van der Waals surface area contributed by atoms with Crippen molar-refractivity contribution in [2.24, 2.45) is 0 Å². The fourth-order valence-electron chi connectivity index (χ4n) is 1.87. The second-order valence-corrected chi connectivity index (χ2v) is 6.30. The van der Waals surface area contributed by atoms with Gasteiger partial charge in [0.05, 0.1) is 29.4 Å². The first kappa shape index (κ1) is 18.7. The lowest BCUT2D eigenvalue weighted by atomic mass is 10.2. The molecule has 1 N–H and O–H groups in total. The first-order chi connectivity index (χ1) is 11.4. The van der Waals surface area contributed by atoms with Crippen LogP contribution in [0.25, 0.3) is 0 Å². The Balaban J connectivity index is 2.04.